The number of thioether (sulfide) groups is 1. The fourth-order valence-corrected chi connectivity index (χ4v) is 4.06. The lowest BCUT2D eigenvalue weighted by molar-refractivity contribution is 0.635. The van der Waals surface area contributed by atoms with Crippen molar-refractivity contribution in [1.29, 1.82) is 5.26 Å². The number of nitriles is 1. The average molecular weight is 327 g/mol. The maximum absolute atomic E-state index is 12.4. The van der Waals surface area contributed by atoms with Gasteiger partial charge in [0.2, 0.25) is 0 Å². The molecule has 3 aromatic rings. The lowest BCUT2D eigenvalue weighted by Crippen LogP contribution is -2.21. The zero-order valence-electron chi connectivity index (χ0n) is 11.9. The third kappa shape index (κ3) is 2.65. The van der Waals surface area contributed by atoms with Crippen LogP contribution in [0, 0.1) is 11.3 Å². The molecule has 2 aromatic heterocycles. The minimum atomic E-state index is 0.0126. The van der Waals surface area contributed by atoms with Crippen LogP contribution in [0.1, 0.15) is 18.1 Å². The Hall–Kier alpha value is -2.10. The Labute approximate surface area is 136 Å². The molecule has 0 saturated carbocycles. The molecule has 0 amide bonds. The van der Waals surface area contributed by atoms with E-state index >= 15 is 0 Å². The van der Waals surface area contributed by atoms with Crippen molar-refractivity contribution in [2.24, 2.45) is 0 Å². The molecule has 0 atom stereocenters. The molecule has 0 bridgehead atoms. The van der Waals surface area contributed by atoms with Crippen LogP contribution < -0.4 is 5.56 Å². The number of aromatic nitrogens is 2. The summed E-state index contributed by atoms with van der Waals surface area (Å²) in [6.45, 7) is 2.53. The molecule has 0 unspecified atom stereocenters. The predicted octanol–water partition coefficient (Wildman–Crippen LogP) is 3.64. The Bertz CT molecular complexity index is 921. The van der Waals surface area contributed by atoms with Crippen molar-refractivity contribution in [2.45, 2.75) is 24.4 Å². The molecule has 3 rings (SSSR count). The fourth-order valence-electron chi connectivity index (χ4n) is 2.21. The van der Waals surface area contributed by atoms with Crippen LogP contribution in [-0.2, 0) is 12.3 Å². The lowest BCUT2D eigenvalue weighted by atomic mass is 10.1. The molecule has 0 saturated heterocycles. The Kier molecular flexibility index (Phi) is 4.27. The topological polar surface area (TPSA) is 58.7 Å². The van der Waals surface area contributed by atoms with Gasteiger partial charge in [-0.25, -0.2) is 4.98 Å². The Morgan fingerprint density at radius 2 is 2.18 bits per heavy atom. The summed E-state index contributed by atoms with van der Waals surface area (Å²) in [7, 11) is 0. The van der Waals surface area contributed by atoms with E-state index in [0.29, 0.717) is 27.7 Å². The first kappa shape index (κ1) is 14.8. The molecule has 0 aliphatic heterocycles. The van der Waals surface area contributed by atoms with Gasteiger partial charge in [-0.3, -0.25) is 9.36 Å². The third-order valence-corrected chi connectivity index (χ3v) is 5.26. The monoisotopic (exact) mass is 327 g/mol. The van der Waals surface area contributed by atoms with Crippen molar-refractivity contribution in [3.63, 3.8) is 0 Å². The minimum absolute atomic E-state index is 0.0126. The van der Waals surface area contributed by atoms with Crippen LogP contribution in [-0.4, -0.2) is 9.55 Å². The summed E-state index contributed by atoms with van der Waals surface area (Å²) in [6, 6.07) is 11.6. The minimum Gasteiger partial charge on any atom is -0.287 e. The first-order chi connectivity index (χ1) is 10.7. The highest BCUT2D eigenvalue weighted by Gasteiger charge is 2.12. The second-order valence-electron chi connectivity index (χ2n) is 4.64. The molecule has 6 heteroatoms. The molecule has 2 heterocycles. The third-order valence-electron chi connectivity index (χ3n) is 3.34. The molecule has 0 aliphatic rings. The maximum atomic E-state index is 12.4. The maximum Gasteiger partial charge on any atom is 0.272 e. The average Bonchev–Trinajstić information content (AvgIpc) is 3.02. The molecule has 0 fully saturated rings. The Balaban J connectivity index is 1.97. The number of hydrogen-bond donors (Lipinski definition) is 0. The van der Waals surface area contributed by atoms with Crippen LogP contribution >= 0.6 is 23.1 Å². The number of thiophene rings is 1. The molecule has 0 aliphatic carbocycles. The predicted molar refractivity (Wildman–Crippen MR) is 90.3 cm³/mol. The van der Waals surface area contributed by atoms with Crippen LogP contribution in [0.4, 0.5) is 0 Å². The van der Waals surface area contributed by atoms with E-state index in [0.717, 1.165) is 11.1 Å². The lowest BCUT2D eigenvalue weighted by Gasteiger charge is -2.10. The number of benzene rings is 1. The van der Waals surface area contributed by atoms with Crippen LogP contribution in [0.15, 0.2) is 45.7 Å². The van der Waals surface area contributed by atoms with E-state index in [-0.39, 0.29) is 5.56 Å². The van der Waals surface area contributed by atoms with Gasteiger partial charge in [0.1, 0.15) is 4.70 Å². The van der Waals surface area contributed by atoms with E-state index in [9.17, 15) is 4.79 Å². The normalized spacial score (nSPS) is 10.7. The number of nitrogens with zero attached hydrogens (tertiary/aromatic N) is 3. The van der Waals surface area contributed by atoms with Gasteiger partial charge in [-0.2, -0.15) is 5.26 Å². The quantitative estimate of drug-likeness (QED) is 0.542. The van der Waals surface area contributed by atoms with Crippen molar-refractivity contribution in [2.75, 3.05) is 0 Å². The second-order valence-corrected chi connectivity index (χ2v) is 6.49. The van der Waals surface area contributed by atoms with Crippen LogP contribution in [0.2, 0.25) is 0 Å². The summed E-state index contributed by atoms with van der Waals surface area (Å²) in [5.41, 5.74) is 2.38. The van der Waals surface area contributed by atoms with Crippen molar-refractivity contribution in [1.82, 2.24) is 9.55 Å². The molecular formula is C16H13N3OS2. The van der Waals surface area contributed by atoms with Gasteiger partial charge >= 0.3 is 0 Å². The zero-order valence-corrected chi connectivity index (χ0v) is 13.6. The van der Waals surface area contributed by atoms with Gasteiger partial charge in [-0.05, 0) is 30.0 Å². The Morgan fingerprint density at radius 3 is 2.95 bits per heavy atom. The summed E-state index contributed by atoms with van der Waals surface area (Å²) in [5.74, 6) is 0.617. The van der Waals surface area contributed by atoms with E-state index in [2.05, 4.69) is 11.1 Å². The number of fused-ring (bicyclic) bond motifs is 1. The first-order valence-electron chi connectivity index (χ1n) is 6.83. The molecule has 22 heavy (non-hydrogen) atoms. The van der Waals surface area contributed by atoms with Gasteiger partial charge in [-0.1, -0.05) is 30.0 Å². The highest BCUT2D eigenvalue weighted by atomic mass is 32.2. The molecule has 110 valence electrons. The van der Waals surface area contributed by atoms with E-state index in [1.807, 2.05) is 36.6 Å². The standard InChI is InChI=1S/C16H13N3OS2/c1-2-19-15(20)14-13(7-8-21-14)18-16(19)22-10-12-6-4-3-5-11(12)9-17/h3-8H,2,10H2,1H3. The van der Waals surface area contributed by atoms with Gasteiger partial charge in [0.05, 0.1) is 17.1 Å². The summed E-state index contributed by atoms with van der Waals surface area (Å²) < 4.78 is 2.39. The SMILES string of the molecule is CCn1c(SCc2ccccc2C#N)nc2ccsc2c1=O. The van der Waals surface area contributed by atoms with Crippen LogP contribution in [0.3, 0.4) is 0 Å². The summed E-state index contributed by atoms with van der Waals surface area (Å²) >= 11 is 2.92. The first-order valence-corrected chi connectivity index (χ1v) is 8.70. The highest BCUT2D eigenvalue weighted by molar-refractivity contribution is 7.98. The fraction of sp³-hybridized carbons (Fsp3) is 0.188. The molecule has 0 spiro atoms. The second kappa shape index (κ2) is 6.34. The smallest absolute Gasteiger partial charge is 0.272 e. The molecule has 0 radical (unpaired) electrons. The number of rotatable bonds is 4. The van der Waals surface area contributed by atoms with Crippen LogP contribution in [0.5, 0.6) is 0 Å². The van der Waals surface area contributed by atoms with Gasteiger partial charge in [0, 0.05) is 12.3 Å². The largest absolute Gasteiger partial charge is 0.287 e. The van der Waals surface area contributed by atoms with E-state index in [4.69, 9.17) is 5.26 Å². The molecule has 4 nitrogen and oxygen atoms in total. The van der Waals surface area contributed by atoms with Crippen molar-refractivity contribution < 1.29 is 0 Å². The van der Waals surface area contributed by atoms with Gasteiger partial charge < -0.3 is 0 Å². The molecule has 0 N–H and O–H groups in total. The molecular weight excluding hydrogens is 314 g/mol. The van der Waals surface area contributed by atoms with Gasteiger partial charge in [-0.15, -0.1) is 11.3 Å². The Morgan fingerprint density at radius 1 is 1.36 bits per heavy atom. The molecule has 1 aromatic carbocycles. The highest BCUT2D eigenvalue weighted by Crippen LogP contribution is 2.25. The van der Waals surface area contributed by atoms with Gasteiger partial charge in [0.25, 0.3) is 5.56 Å². The summed E-state index contributed by atoms with van der Waals surface area (Å²) in [6.07, 6.45) is 0. The van der Waals surface area contributed by atoms with Crippen molar-refractivity contribution >= 4 is 33.3 Å². The van der Waals surface area contributed by atoms with E-state index in [1.54, 1.807) is 10.6 Å². The summed E-state index contributed by atoms with van der Waals surface area (Å²) in [5, 5.41) is 11.7. The van der Waals surface area contributed by atoms with E-state index < -0.39 is 0 Å². The van der Waals surface area contributed by atoms with Crippen molar-refractivity contribution in [3.05, 3.63) is 57.2 Å². The van der Waals surface area contributed by atoms with E-state index in [1.165, 1.54) is 23.1 Å². The van der Waals surface area contributed by atoms with Crippen LogP contribution in [0.25, 0.3) is 10.2 Å². The number of hydrogen-bond acceptors (Lipinski definition) is 5. The zero-order chi connectivity index (χ0) is 15.5. The van der Waals surface area contributed by atoms with Crippen molar-refractivity contribution in [3.8, 4) is 6.07 Å². The summed E-state index contributed by atoms with van der Waals surface area (Å²) in [4.78, 5) is 17.0. The van der Waals surface area contributed by atoms with Gasteiger partial charge in [0.15, 0.2) is 5.16 Å².